The van der Waals surface area contributed by atoms with Crippen LogP contribution in [0.25, 0.3) is 0 Å². The summed E-state index contributed by atoms with van der Waals surface area (Å²) in [6, 6.07) is 2.51. The molecule has 4 heteroatoms. The van der Waals surface area contributed by atoms with E-state index in [2.05, 4.69) is 25.2 Å². The molecule has 1 saturated heterocycles. The molecule has 0 bridgehead atoms. The number of halogens is 1. The molecule has 96 valence electrons. The Morgan fingerprint density at radius 1 is 1.65 bits per heavy atom. The van der Waals surface area contributed by atoms with E-state index >= 15 is 0 Å². The molecule has 0 saturated carbocycles. The van der Waals surface area contributed by atoms with Crippen LogP contribution in [0.2, 0.25) is 4.34 Å². The van der Waals surface area contributed by atoms with Crippen LogP contribution in [0.3, 0.4) is 0 Å². The molecule has 1 aliphatic heterocycles. The monoisotopic (exact) mass is 273 g/mol. The molecular formula is C13H20ClNOS. The highest BCUT2D eigenvalue weighted by Gasteiger charge is 2.28. The van der Waals surface area contributed by atoms with E-state index in [9.17, 15) is 0 Å². The van der Waals surface area contributed by atoms with Crippen LogP contribution in [0.1, 0.15) is 42.7 Å². The van der Waals surface area contributed by atoms with Gasteiger partial charge in [-0.05, 0) is 44.4 Å². The summed E-state index contributed by atoms with van der Waals surface area (Å²) < 4.78 is 6.72. The maximum absolute atomic E-state index is 6.16. The fourth-order valence-electron chi connectivity index (χ4n) is 2.22. The second kappa shape index (κ2) is 6.19. The Labute approximate surface area is 112 Å². The maximum atomic E-state index is 6.16. The Morgan fingerprint density at radius 2 is 2.47 bits per heavy atom. The van der Waals surface area contributed by atoms with Crippen LogP contribution in [0.4, 0.5) is 0 Å². The predicted molar refractivity (Wildman–Crippen MR) is 74.1 cm³/mol. The summed E-state index contributed by atoms with van der Waals surface area (Å²) in [4.78, 5) is 1.31. The fourth-order valence-corrected chi connectivity index (χ4v) is 3.56. The average molecular weight is 274 g/mol. The molecule has 1 N–H and O–H groups in total. The van der Waals surface area contributed by atoms with Crippen LogP contribution in [0, 0.1) is 6.92 Å². The molecule has 0 aromatic carbocycles. The largest absolute Gasteiger partial charge is 0.376 e. The van der Waals surface area contributed by atoms with Gasteiger partial charge in [0.15, 0.2) is 0 Å². The summed E-state index contributed by atoms with van der Waals surface area (Å²) in [5.74, 6) is 0. The summed E-state index contributed by atoms with van der Waals surface area (Å²) in [5, 5.41) is 3.59. The predicted octanol–water partition coefficient (Wildman–Crippen LogP) is 3.93. The summed E-state index contributed by atoms with van der Waals surface area (Å²) in [6.45, 7) is 6.17. The summed E-state index contributed by atoms with van der Waals surface area (Å²) >= 11 is 7.85. The molecule has 17 heavy (non-hydrogen) atoms. The Kier molecular flexibility index (Phi) is 4.86. The van der Waals surface area contributed by atoms with Gasteiger partial charge in [0.1, 0.15) is 0 Å². The molecule has 2 heterocycles. The van der Waals surface area contributed by atoms with Gasteiger partial charge < -0.3 is 10.1 Å². The van der Waals surface area contributed by atoms with E-state index in [0.29, 0.717) is 12.1 Å². The van der Waals surface area contributed by atoms with Crippen LogP contribution >= 0.6 is 22.9 Å². The van der Waals surface area contributed by atoms with Gasteiger partial charge in [0.05, 0.1) is 16.5 Å². The van der Waals surface area contributed by atoms with Crippen LogP contribution in [0.15, 0.2) is 6.07 Å². The SMILES string of the molecule is CCCNC(c1cc(C)c(Cl)s1)C1CCCO1. The van der Waals surface area contributed by atoms with Crippen molar-refractivity contribution in [3.8, 4) is 0 Å². The van der Waals surface area contributed by atoms with E-state index in [1.807, 2.05) is 0 Å². The molecule has 0 radical (unpaired) electrons. The highest BCUT2D eigenvalue weighted by Crippen LogP contribution is 2.35. The van der Waals surface area contributed by atoms with Crippen LogP contribution in [-0.2, 0) is 4.74 Å². The molecule has 2 nitrogen and oxygen atoms in total. The second-order valence-electron chi connectivity index (χ2n) is 4.59. The lowest BCUT2D eigenvalue weighted by Crippen LogP contribution is -2.31. The van der Waals surface area contributed by atoms with Crippen molar-refractivity contribution in [2.45, 2.75) is 45.3 Å². The summed E-state index contributed by atoms with van der Waals surface area (Å²) in [5.41, 5.74) is 1.17. The van der Waals surface area contributed by atoms with Crippen LogP contribution in [0.5, 0.6) is 0 Å². The Hall–Kier alpha value is -0.0900. The van der Waals surface area contributed by atoms with E-state index in [-0.39, 0.29) is 0 Å². The van der Waals surface area contributed by atoms with Crippen LogP contribution < -0.4 is 5.32 Å². The Balaban J connectivity index is 2.13. The molecule has 0 amide bonds. The van der Waals surface area contributed by atoms with Gasteiger partial charge in [-0.2, -0.15) is 0 Å². The molecule has 0 spiro atoms. The van der Waals surface area contributed by atoms with E-state index in [4.69, 9.17) is 16.3 Å². The van der Waals surface area contributed by atoms with Crippen molar-refractivity contribution in [3.05, 3.63) is 20.8 Å². The zero-order valence-electron chi connectivity index (χ0n) is 10.5. The van der Waals surface area contributed by atoms with Gasteiger partial charge in [0, 0.05) is 11.5 Å². The lowest BCUT2D eigenvalue weighted by atomic mass is 10.1. The van der Waals surface area contributed by atoms with Gasteiger partial charge in [-0.3, -0.25) is 0 Å². The van der Waals surface area contributed by atoms with E-state index in [1.165, 1.54) is 16.9 Å². The molecule has 1 aromatic rings. The number of aryl methyl sites for hydroxylation is 1. The number of rotatable bonds is 5. The van der Waals surface area contributed by atoms with Gasteiger partial charge in [0.2, 0.25) is 0 Å². The minimum Gasteiger partial charge on any atom is -0.376 e. The minimum atomic E-state index is 0.314. The molecular weight excluding hydrogens is 254 g/mol. The second-order valence-corrected chi connectivity index (χ2v) is 6.27. The maximum Gasteiger partial charge on any atom is 0.0960 e. The number of thiophene rings is 1. The quantitative estimate of drug-likeness (QED) is 0.878. The molecule has 1 aliphatic rings. The standard InChI is InChI=1S/C13H20ClNOS/c1-3-6-15-12(10-5-4-7-16-10)11-8-9(2)13(14)17-11/h8,10,12,15H,3-7H2,1-2H3. The highest BCUT2D eigenvalue weighted by atomic mass is 35.5. The lowest BCUT2D eigenvalue weighted by molar-refractivity contribution is 0.0793. The summed E-state index contributed by atoms with van der Waals surface area (Å²) in [6.07, 6.45) is 3.78. The topological polar surface area (TPSA) is 21.3 Å². The van der Waals surface area contributed by atoms with E-state index in [1.54, 1.807) is 11.3 Å². The van der Waals surface area contributed by atoms with Crippen molar-refractivity contribution in [2.24, 2.45) is 0 Å². The molecule has 2 atom stereocenters. The Morgan fingerprint density at radius 3 is 3.00 bits per heavy atom. The first-order valence-corrected chi connectivity index (χ1v) is 7.52. The number of ether oxygens (including phenoxy) is 1. The zero-order chi connectivity index (χ0) is 12.3. The number of hydrogen-bond donors (Lipinski definition) is 1. The third kappa shape index (κ3) is 3.22. The van der Waals surface area contributed by atoms with Crippen LogP contribution in [-0.4, -0.2) is 19.3 Å². The molecule has 1 aromatic heterocycles. The van der Waals surface area contributed by atoms with Crippen molar-refractivity contribution in [2.75, 3.05) is 13.2 Å². The van der Waals surface area contributed by atoms with E-state index in [0.717, 1.165) is 30.3 Å². The first kappa shape index (κ1) is 13.3. The third-order valence-electron chi connectivity index (χ3n) is 3.13. The van der Waals surface area contributed by atoms with Gasteiger partial charge in [-0.25, -0.2) is 0 Å². The fraction of sp³-hybridized carbons (Fsp3) is 0.692. The molecule has 2 unspecified atom stereocenters. The van der Waals surface area contributed by atoms with Crippen molar-refractivity contribution in [3.63, 3.8) is 0 Å². The number of nitrogens with one attached hydrogen (secondary N) is 1. The Bertz CT molecular complexity index is 341. The van der Waals surface area contributed by atoms with E-state index < -0.39 is 0 Å². The van der Waals surface area contributed by atoms with Gasteiger partial charge in [0.25, 0.3) is 0 Å². The third-order valence-corrected chi connectivity index (χ3v) is 4.77. The van der Waals surface area contributed by atoms with Crippen molar-refractivity contribution < 1.29 is 4.74 Å². The van der Waals surface area contributed by atoms with Gasteiger partial charge >= 0.3 is 0 Å². The first-order chi connectivity index (χ1) is 8.22. The van der Waals surface area contributed by atoms with Gasteiger partial charge in [-0.1, -0.05) is 18.5 Å². The van der Waals surface area contributed by atoms with Crippen molar-refractivity contribution in [1.29, 1.82) is 0 Å². The van der Waals surface area contributed by atoms with Crippen molar-refractivity contribution in [1.82, 2.24) is 5.32 Å². The minimum absolute atomic E-state index is 0.314. The first-order valence-electron chi connectivity index (χ1n) is 6.33. The average Bonchev–Trinajstić information content (AvgIpc) is 2.92. The lowest BCUT2D eigenvalue weighted by Gasteiger charge is -2.23. The normalized spacial score (nSPS) is 21.9. The van der Waals surface area contributed by atoms with Crippen molar-refractivity contribution >= 4 is 22.9 Å². The smallest absolute Gasteiger partial charge is 0.0960 e. The highest BCUT2D eigenvalue weighted by molar-refractivity contribution is 7.16. The molecule has 0 aliphatic carbocycles. The van der Waals surface area contributed by atoms with Gasteiger partial charge in [-0.15, -0.1) is 11.3 Å². The zero-order valence-corrected chi connectivity index (χ0v) is 12.0. The molecule has 1 fully saturated rings. The molecule has 2 rings (SSSR count). The number of hydrogen-bond acceptors (Lipinski definition) is 3. The summed E-state index contributed by atoms with van der Waals surface area (Å²) in [7, 11) is 0.